The van der Waals surface area contributed by atoms with Gasteiger partial charge in [0.25, 0.3) is 5.91 Å². The molecule has 3 aromatic heterocycles. The lowest BCUT2D eigenvalue weighted by atomic mass is 10.2. The number of para-hydroxylation sites is 2. The Bertz CT molecular complexity index is 1450. The van der Waals surface area contributed by atoms with E-state index in [1.165, 1.54) is 11.1 Å². The topological polar surface area (TPSA) is 114 Å². The van der Waals surface area contributed by atoms with Gasteiger partial charge in [-0.05, 0) is 36.3 Å². The number of hydrogen-bond donors (Lipinski definition) is 2. The Morgan fingerprint density at radius 3 is 2.94 bits per heavy atom. The summed E-state index contributed by atoms with van der Waals surface area (Å²) in [5, 5.41) is 9.59. The Hall–Kier alpha value is -4.91. The fourth-order valence-electron chi connectivity index (χ4n) is 3.51. The lowest BCUT2D eigenvalue weighted by Crippen LogP contribution is -2.50. The highest BCUT2D eigenvalue weighted by Gasteiger charge is 2.30. The first kappa shape index (κ1) is 21.0. The zero-order chi connectivity index (χ0) is 23.5. The number of carbonyl (C=O) groups is 2. The van der Waals surface area contributed by atoms with Crippen LogP contribution >= 0.6 is 0 Å². The molecule has 0 unspecified atom stereocenters. The number of anilines is 2. The average molecular weight is 453 g/mol. The van der Waals surface area contributed by atoms with Crippen molar-refractivity contribution in [1.82, 2.24) is 24.9 Å². The molecule has 0 radical (unpaired) electrons. The number of nitrogens with one attached hydrogen (secondary N) is 2. The number of nitrogens with zero attached hydrogens (tertiary/aromatic N) is 5. The number of hydrogen-bond acceptors (Lipinski definition) is 6. The normalized spacial score (nSPS) is 14.9. The van der Waals surface area contributed by atoms with Crippen LogP contribution in [0.4, 0.5) is 16.2 Å². The third kappa shape index (κ3) is 4.22. The van der Waals surface area contributed by atoms with E-state index in [0.717, 1.165) is 0 Å². The van der Waals surface area contributed by atoms with Crippen molar-refractivity contribution in [3.63, 3.8) is 0 Å². The maximum Gasteiger partial charge on any atom is 0.320 e. The van der Waals surface area contributed by atoms with Crippen LogP contribution in [0.5, 0.6) is 5.75 Å². The fraction of sp³-hybridized carbons (Fsp3) is 0.125. The standard InChI is InChI=1S/C24H19N7O3/c1-30-20-5-2-3-6-21(20)34-15-19(23(30)32)29-24(33)28-17-11-16(12-25-13-17)8-9-18-14-26-22-7-4-10-27-31(18)22/h2-7,10-14,19H,15H2,1H3,(H2,28,29,33)/t19-/m0/s1. The number of pyridine rings is 1. The van der Waals surface area contributed by atoms with E-state index in [0.29, 0.717) is 34.0 Å². The van der Waals surface area contributed by atoms with Crippen LogP contribution in [-0.4, -0.2) is 51.2 Å². The molecule has 34 heavy (non-hydrogen) atoms. The van der Waals surface area contributed by atoms with Crippen LogP contribution in [0.2, 0.25) is 0 Å². The van der Waals surface area contributed by atoms with E-state index in [4.69, 9.17) is 4.74 Å². The third-order valence-electron chi connectivity index (χ3n) is 5.17. The number of aromatic nitrogens is 4. The highest BCUT2D eigenvalue weighted by atomic mass is 16.5. The predicted molar refractivity (Wildman–Crippen MR) is 124 cm³/mol. The van der Waals surface area contributed by atoms with Gasteiger partial charge in [0.1, 0.15) is 24.1 Å². The van der Waals surface area contributed by atoms with Gasteiger partial charge >= 0.3 is 6.03 Å². The number of ether oxygens (including phenoxy) is 1. The molecule has 0 spiro atoms. The van der Waals surface area contributed by atoms with Crippen LogP contribution in [0.15, 0.2) is 67.3 Å². The molecule has 1 aliphatic rings. The molecular weight excluding hydrogens is 434 g/mol. The van der Waals surface area contributed by atoms with Crippen molar-refractivity contribution in [1.29, 1.82) is 0 Å². The monoisotopic (exact) mass is 453 g/mol. The first-order valence-corrected chi connectivity index (χ1v) is 10.4. The molecule has 168 valence electrons. The van der Waals surface area contributed by atoms with Gasteiger partial charge in [0.05, 0.1) is 23.8 Å². The summed E-state index contributed by atoms with van der Waals surface area (Å²) in [7, 11) is 1.65. The van der Waals surface area contributed by atoms with E-state index in [-0.39, 0.29) is 12.5 Å². The first-order valence-electron chi connectivity index (χ1n) is 10.4. The number of urea groups is 1. The summed E-state index contributed by atoms with van der Waals surface area (Å²) < 4.78 is 7.36. The summed E-state index contributed by atoms with van der Waals surface area (Å²) in [6, 6.07) is 11.1. The second-order valence-electron chi connectivity index (χ2n) is 7.48. The van der Waals surface area contributed by atoms with E-state index in [1.807, 2.05) is 18.2 Å². The largest absolute Gasteiger partial charge is 0.489 e. The first-order chi connectivity index (χ1) is 16.6. The van der Waals surface area contributed by atoms with E-state index < -0.39 is 12.1 Å². The number of benzene rings is 1. The molecule has 2 N–H and O–H groups in total. The number of likely N-dealkylation sites (N-methyl/N-ethyl adjacent to an activating group) is 1. The van der Waals surface area contributed by atoms with E-state index in [2.05, 4.69) is 37.5 Å². The van der Waals surface area contributed by atoms with E-state index in [9.17, 15) is 9.59 Å². The van der Waals surface area contributed by atoms with E-state index in [1.54, 1.807) is 54.4 Å². The van der Waals surface area contributed by atoms with Crippen molar-refractivity contribution in [3.05, 3.63) is 78.5 Å². The van der Waals surface area contributed by atoms with Gasteiger partial charge in [-0.15, -0.1) is 0 Å². The number of fused-ring (bicyclic) bond motifs is 2. The van der Waals surface area contributed by atoms with Crippen LogP contribution in [0.3, 0.4) is 0 Å². The molecular formula is C24H19N7O3. The van der Waals surface area contributed by atoms with Crippen molar-refractivity contribution >= 4 is 29.0 Å². The Kier molecular flexibility index (Phi) is 5.50. The Balaban J connectivity index is 1.26. The predicted octanol–water partition coefficient (Wildman–Crippen LogP) is 2.07. The summed E-state index contributed by atoms with van der Waals surface area (Å²) >= 11 is 0. The number of imidazole rings is 1. The van der Waals surface area contributed by atoms with Crippen molar-refractivity contribution in [3.8, 4) is 17.6 Å². The van der Waals surface area contributed by atoms with Gasteiger partial charge in [-0.1, -0.05) is 18.1 Å². The quantitative estimate of drug-likeness (QED) is 0.449. The average Bonchev–Trinajstić information content (AvgIpc) is 3.23. The molecule has 1 aliphatic heterocycles. The Morgan fingerprint density at radius 2 is 2.03 bits per heavy atom. The van der Waals surface area contributed by atoms with Gasteiger partial charge in [0.2, 0.25) is 0 Å². The van der Waals surface area contributed by atoms with Crippen LogP contribution in [-0.2, 0) is 4.79 Å². The zero-order valence-corrected chi connectivity index (χ0v) is 18.1. The highest BCUT2D eigenvalue weighted by Crippen LogP contribution is 2.29. The number of carbonyl (C=O) groups excluding carboxylic acids is 2. The lowest BCUT2D eigenvalue weighted by molar-refractivity contribution is -0.120. The van der Waals surface area contributed by atoms with E-state index >= 15 is 0 Å². The Morgan fingerprint density at radius 1 is 1.15 bits per heavy atom. The molecule has 0 fully saturated rings. The molecule has 10 nitrogen and oxygen atoms in total. The van der Waals surface area contributed by atoms with Gasteiger partial charge in [-0.3, -0.25) is 9.78 Å². The van der Waals surface area contributed by atoms with Crippen molar-refractivity contribution in [2.45, 2.75) is 6.04 Å². The molecule has 1 aromatic carbocycles. The highest BCUT2D eigenvalue weighted by molar-refractivity contribution is 6.01. The molecule has 1 atom stereocenters. The lowest BCUT2D eigenvalue weighted by Gasteiger charge is -2.20. The number of amides is 3. The van der Waals surface area contributed by atoms with Crippen LogP contribution in [0, 0.1) is 11.8 Å². The molecule has 4 heterocycles. The SMILES string of the molecule is CN1C(=O)[C@@H](NC(=O)Nc2cncc(C#Cc3cnc4cccnn34)c2)COc2ccccc21. The molecule has 3 amide bonds. The molecule has 5 rings (SSSR count). The zero-order valence-electron chi connectivity index (χ0n) is 18.1. The van der Waals surface area contributed by atoms with Gasteiger partial charge < -0.3 is 20.3 Å². The Labute approximate surface area is 194 Å². The van der Waals surface area contributed by atoms with Crippen molar-refractivity contribution in [2.75, 3.05) is 23.9 Å². The van der Waals surface area contributed by atoms with Gasteiger partial charge in [0.15, 0.2) is 5.65 Å². The molecule has 0 bridgehead atoms. The second kappa shape index (κ2) is 8.91. The summed E-state index contributed by atoms with van der Waals surface area (Å²) in [6.07, 6.45) is 6.38. The summed E-state index contributed by atoms with van der Waals surface area (Å²) in [5.41, 5.74) is 2.99. The molecule has 0 aliphatic carbocycles. The molecule has 4 aromatic rings. The van der Waals surface area contributed by atoms with Gasteiger partial charge in [-0.2, -0.15) is 5.10 Å². The minimum atomic E-state index is -0.851. The smallest absolute Gasteiger partial charge is 0.320 e. The minimum absolute atomic E-state index is 0.0186. The third-order valence-corrected chi connectivity index (χ3v) is 5.17. The van der Waals surface area contributed by atoms with Gasteiger partial charge in [-0.25, -0.2) is 14.3 Å². The maximum absolute atomic E-state index is 12.8. The van der Waals surface area contributed by atoms with Crippen LogP contribution in [0.1, 0.15) is 11.3 Å². The maximum atomic E-state index is 12.8. The van der Waals surface area contributed by atoms with Crippen LogP contribution < -0.4 is 20.3 Å². The second-order valence-corrected chi connectivity index (χ2v) is 7.48. The van der Waals surface area contributed by atoms with Gasteiger partial charge in [0, 0.05) is 25.0 Å². The minimum Gasteiger partial charge on any atom is -0.489 e. The van der Waals surface area contributed by atoms with Crippen molar-refractivity contribution < 1.29 is 14.3 Å². The number of rotatable bonds is 2. The summed E-state index contributed by atoms with van der Waals surface area (Å²) in [5.74, 6) is 6.31. The molecule has 0 saturated carbocycles. The molecule has 10 heteroatoms. The fourth-order valence-corrected chi connectivity index (χ4v) is 3.51. The summed E-state index contributed by atoms with van der Waals surface area (Å²) in [4.78, 5) is 35.2. The summed E-state index contributed by atoms with van der Waals surface area (Å²) in [6.45, 7) is 0.0186. The van der Waals surface area contributed by atoms with Crippen molar-refractivity contribution in [2.24, 2.45) is 0 Å². The van der Waals surface area contributed by atoms with Crippen LogP contribution in [0.25, 0.3) is 5.65 Å². The molecule has 0 saturated heterocycles.